The van der Waals surface area contributed by atoms with Crippen LogP contribution in [-0.4, -0.2) is 48.6 Å². The van der Waals surface area contributed by atoms with Gasteiger partial charge in [-0.1, -0.05) is 19.9 Å². The van der Waals surface area contributed by atoms with Crippen LogP contribution in [0.25, 0.3) is 10.8 Å². The molecule has 0 amide bonds. The number of aromatic nitrogens is 1. The van der Waals surface area contributed by atoms with Gasteiger partial charge < -0.3 is 18.9 Å². The predicted octanol–water partition coefficient (Wildman–Crippen LogP) is 4.14. The second-order valence-corrected chi connectivity index (χ2v) is 11.8. The van der Waals surface area contributed by atoms with Crippen molar-refractivity contribution in [2.24, 2.45) is 10.8 Å². The van der Waals surface area contributed by atoms with Crippen LogP contribution in [0.3, 0.4) is 0 Å². The lowest BCUT2D eigenvalue weighted by Crippen LogP contribution is -2.52. The molecular formula is C29H33NO7. The van der Waals surface area contributed by atoms with Gasteiger partial charge in [-0.15, -0.1) is 0 Å². The van der Waals surface area contributed by atoms with Crippen molar-refractivity contribution in [3.8, 4) is 11.6 Å². The Kier molecular flexibility index (Phi) is 4.87. The van der Waals surface area contributed by atoms with Crippen molar-refractivity contribution >= 4 is 28.5 Å². The van der Waals surface area contributed by atoms with E-state index >= 15 is 0 Å². The lowest BCUT2D eigenvalue weighted by molar-refractivity contribution is -0.189. The molecule has 4 aliphatic rings. The van der Waals surface area contributed by atoms with Crippen molar-refractivity contribution in [1.82, 2.24) is 4.98 Å². The van der Waals surface area contributed by atoms with E-state index in [0.29, 0.717) is 55.5 Å². The highest BCUT2D eigenvalue weighted by Gasteiger charge is 2.77. The number of nitrogens with zero attached hydrogens (tertiary/aromatic N) is 1. The quantitative estimate of drug-likeness (QED) is 0.569. The average molecular weight is 508 g/mol. The number of carbonyl (C=O) groups is 3. The van der Waals surface area contributed by atoms with E-state index in [1.165, 1.54) is 0 Å². The fraction of sp³-hybridized carbons (Fsp3) is 0.586. The summed E-state index contributed by atoms with van der Waals surface area (Å²) in [4.78, 5) is 44.9. The van der Waals surface area contributed by atoms with Gasteiger partial charge in [-0.25, -0.2) is 9.78 Å². The van der Waals surface area contributed by atoms with E-state index in [0.717, 1.165) is 22.2 Å². The number of pyridine rings is 1. The van der Waals surface area contributed by atoms with Crippen molar-refractivity contribution in [3.05, 3.63) is 29.0 Å². The monoisotopic (exact) mass is 507 g/mol. The third-order valence-electron chi connectivity index (χ3n) is 10.2. The van der Waals surface area contributed by atoms with Gasteiger partial charge in [0.15, 0.2) is 0 Å². The number of ketones is 1. The molecule has 2 aromatic rings. The molecule has 1 aromatic heterocycles. The summed E-state index contributed by atoms with van der Waals surface area (Å²) in [7, 11) is 3.15. The third kappa shape index (κ3) is 2.69. The number of methoxy groups -OCH3 is 2. The first-order valence-electron chi connectivity index (χ1n) is 13.0. The van der Waals surface area contributed by atoms with Crippen molar-refractivity contribution in [1.29, 1.82) is 0 Å². The summed E-state index contributed by atoms with van der Waals surface area (Å²) in [6.45, 7) is 7.58. The van der Waals surface area contributed by atoms with E-state index in [1.807, 2.05) is 33.8 Å². The Morgan fingerprint density at radius 1 is 1.05 bits per heavy atom. The zero-order valence-electron chi connectivity index (χ0n) is 22.3. The highest BCUT2D eigenvalue weighted by Crippen LogP contribution is 2.66. The molecule has 2 bridgehead atoms. The van der Waals surface area contributed by atoms with E-state index < -0.39 is 33.9 Å². The Morgan fingerprint density at radius 2 is 1.81 bits per heavy atom. The normalized spacial score (nSPS) is 33.2. The fourth-order valence-corrected chi connectivity index (χ4v) is 7.63. The maximum absolute atomic E-state index is 13.9. The topological polar surface area (TPSA) is 101 Å². The van der Waals surface area contributed by atoms with E-state index in [4.69, 9.17) is 18.9 Å². The number of rotatable bonds is 4. The average Bonchev–Trinajstić information content (AvgIpc) is 3.49. The minimum Gasteiger partial charge on any atom is -0.496 e. The van der Waals surface area contributed by atoms with E-state index in [2.05, 4.69) is 11.1 Å². The summed E-state index contributed by atoms with van der Waals surface area (Å²) < 4.78 is 23.6. The first-order chi connectivity index (χ1) is 17.5. The van der Waals surface area contributed by atoms with Gasteiger partial charge in [0.2, 0.25) is 11.5 Å². The van der Waals surface area contributed by atoms with Crippen LogP contribution in [0.15, 0.2) is 12.1 Å². The van der Waals surface area contributed by atoms with Gasteiger partial charge in [-0.3, -0.25) is 9.59 Å². The molecule has 1 saturated heterocycles. The summed E-state index contributed by atoms with van der Waals surface area (Å²) in [6.07, 6.45) is 2.20. The number of aryl methyl sites for hydroxylation is 2. The number of carbonyl (C=O) groups excluding carboxylic acids is 3. The van der Waals surface area contributed by atoms with Crippen molar-refractivity contribution in [2.75, 3.05) is 14.2 Å². The first kappa shape index (κ1) is 24.2. The summed E-state index contributed by atoms with van der Waals surface area (Å²) in [5.74, 6) is 0.114. The van der Waals surface area contributed by atoms with Gasteiger partial charge in [0.05, 0.1) is 30.4 Å². The Morgan fingerprint density at radius 3 is 2.43 bits per heavy atom. The predicted molar refractivity (Wildman–Crippen MR) is 134 cm³/mol. The highest BCUT2D eigenvalue weighted by atomic mass is 16.6. The molecular weight excluding hydrogens is 474 g/mol. The number of Topliss-reactive ketones (excluding diaryl/α,β-unsaturated/α-hetero) is 1. The molecule has 0 radical (unpaired) electrons. The molecule has 37 heavy (non-hydrogen) atoms. The molecule has 2 saturated carbocycles. The van der Waals surface area contributed by atoms with Crippen LogP contribution in [0.5, 0.6) is 11.6 Å². The van der Waals surface area contributed by atoms with Crippen LogP contribution in [0.4, 0.5) is 0 Å². The minimum atomic E-state index is -1.34. The second kappa shape index (κ2) is 7.45. The molecule has 4 atom stereocenters. The number of benzene rings is 1. The standard InChI is InChI=1S/C29H33NO7/c1-15-13-17-14-16-9-10-28(21(16)22(34-5)20(17)23(30-15)35-6)18(31)7-8-19(28)36-25(33)29-12-11-27(4,24(32)37-29)26(29,2)3/h13-14,19H,7-12H2,1-6H3/t19-,27-,28-,29+/m0/s1. The highest BCUT2D eigenvalue weighted by molar-refractivity contribution is 6.02. The minimum absolute atomic E-state index is 0.0391. The van der Waals surface area contributed by atoms with Gasteiger partial charge in [0.25, 0.3) is 0 Å². The number of ether oxygens (including phenoxy) is 4. The molecule has 1 aromatic carbocycles. The summed E-state index contributed by atoms with van der Waals surface area (Å²) in [5, 5.41) is 1.64. The van der Waals surface area contributed by atoms with Gasteiger partial charge in [0, 0.05) is 23.1 Å². The summed E-state index contributed by atoms with van der Waals surface area (Å²) in [6, 6.07) is 4.05. The second-order valence-electron chi connectivity index (χ2n) is 11.8. The fourth-order valence-electron chi connectivity index (χ4n) is 7.63. The molecule has 3 fully saturated rings. The van der Waals surface area contributed by atoms with E-state index in [-0.39, 0.29) is 11.8 Å². The lowest BCUT2D eigenvalue weighted by Gasteiger charge is -2.38. The van der Waals surface area contributed by atoms with Gasteiger partial charge in [-0.2, -0.15) is 0 Å². The van der Waals surface area contributed by atoms with Crippen molar-refractivity contribution in [2.45, 2.75) is 83.3 Å². The molecule has 0 N–H and O–H groups in total. The SMILES string of the molecule is COc1nc(C)cc2cc3c(c(OC)c12)[C@@]1(CC3)C(=O)CC[C@@H]1OC(=O)[C@@]12CC[C@@](C)(C(=O)O1)C2(C)C. The maximum Gasteiger partial charge on any atom is 0.351 e. The largest absolute Gasteiger partial charge is 0.496 e. The molecule has 0 unspecified atom stereocenters. The molecule has 2 heterocycles. The number of esters is 2. The maximum atomic E-state index is 13.9. The smallest absolute Gasteiger partial charge is 0.351 e. The van der Waals surface area contributed by atoms with Crippen LogP contribution in [0.2, 0.25) is 0 Å². The van der Waals surface area contributed by atoms with Gasteiger partial charge >= 0.3 is 11.9 Å². The van der Waals surface area contributed by atoms with Gasteiger partial charge in [0.1, 0.15) is 17.6 Å². The van der Waals surface area contributed by atoms with Crippen molar-refractivity contribution < 1.29 is 33.3 Å². The summed E-state index contributed by atoms with van der Waals surface area (Å²) in [5.41, 5.74) is -1.23. The molecule has 8 nitrogen and oxygen atoms in total. The first-order valence-corrected chi connectivity index (χ1v) is 13.0. The Hall–Kier alpha value is -3.16. The van der Waals surface area contributed by atoms with Crippen molar-refractivity contribution in [3.63, 3.8) is 0 Å². The third-order valence-corrected chi connectivity index (χ3v) is 10.2. The molecule has 8 heteroatoms. The van der Waals surface area contributed by atoms with E-state index in [9.17, 15) is 14.4 Å². The molecule has 3 aliphatic carbocycles. The zero-order valence-corrected chi connectivity index (χ0v) is 22.3. The van der Waals surface area contributed by atoms with Crippen LogP contribution >= 0.6 is 0 Å². The van der Waals surface area contributed by atoms with Crippen LogP contribution in [0, 0.1) is 17.8 Å². The molecule has 6 rings (SSSR count). The lowest BCUT2D eigenvalue weighted by atomic mass is 9.66. The Balaban J connectivity index is 1.46. The molecule has 196 valence electrons. The Bertz CT molecular complexity index is 1400. The number of fused-ring (bicyclic) bond motifs is 5. The van der Waals surface area contributed by atoms with Crippen LogP contribution < -0.4 is 9.47 Å². The van der Waals surface area contributed by atoms with E-state index in [1.54, 1.807) is 14.2 Å². The van der Waals surface area contributed by atoms with Gasteiger partial charge in [-0.05, 0) is 63.0 Å². The van der Waals surface area contributed by atoms with Crippen LogP contribution in [0.1, 0.15) is 69.7 Å². The Labute approximate surface area is 216 Å². The summed E-state index contributed by atoms with van der Waals surface area (Å²) >= 11 is 0. The molecule has 1 aliphatic heterocycles. The molecule has 1 spiro atoms. The number of hydrogen-bond acceptors (Lipinski definition) is 8. The number of hydrogen-bond donors (Lipinski definition) is 0. The van der Waals surface area contributed by atoms with Crippen LogP contribution in [-0.2, 0) is 35.7 Å². The zero-order chi connectivity index (χ0) is 26.5.